The van der Waals surface area contributed by atoms with Crippen LogP contribution in [0.25, 0.3) is 0 Å². The first kappa shape index (κ1) is 8.77. The van der Waals surface area contributed by atoms with Crippen molar-refractivity contribution in [2.75, 3.05) is 6.54 Å². The van der Waals surface area contributed by atoms with Gasteiger partial charge >= 0.3 is 0 Å². The monoisotopic (exact) mass is 168 g/mol. The van der Waals surface area contributed by atoms with Gasteiger partial charge in [-0.05, 0) is 12.5 Å². The Hall–Kier alpha value is -1.32. The fraction of sp³-hybridized carbons (Fsp3) is 0.500. The van der Waals surface area contributed by atoms with Crippen molar-refractivity contribution in [2.45, 2.75) is 18.9 Å². The maximum atomic E-state index is 10.7. The average Bonchev–Trinajstić information content (AvgIpc) is 2.47. The molecular formula is C8H12N2O2. The molecule has 66 valence electrons. The summed E-state index contributed by atoms with van der Waals surface area (Å²) in [6, 6.07) is 0.0985. The lowest BCUT2D eigenvalue weighted by atomic mass is 10.2. The molecule has 1 aliphatic rings. The summed E-state index contributed by atoms with van der Waals surface area (Å²) in [5.41, 5.74) is 0. The van der Waals surface area contributed by atoms with E-state index >= 15 is 0 Å². The first-order valence-corrected chi connectivity index (χ1v) is 3.92. The van der Waals surface area contributed by atoms with Gasteiger partial charge in [0, 0.05) is 19.0 Å². The second kappa shape index (κ2) is 3.90. The van der Waals surface area contributed by atoms with Gasteiger partial charge in [0.05, 0.1) is 0 Å². The molecule has 1 saturated heterocycles. The standard InChI is InChI=1S/C8H12N2O2/c1-2-7(11)9-5-6-3-4-8(12)10-6/h2,6H,1,3-5H2,(H,9,11)(H,10,12). The van der Waals surface area contributed by atoms with Crippen molar-refractivity contribution in [2.24, 2.45) is 0 Å². The third kappa shape index (κ3) is 2.38. The van der Waals surface area contributed by atoms with Gasteiger partial charge in [0.15, 0.2) is 0 Å². The summed E-state index contributed by atoms with van der Waals surface area (Å²) in [6.45, 7) is 3.82. The van der Waals surface area contributed by atoms with Crippen molar-refractivity contribution in [1.82, 2.24) is 10.6 Å². The zero-order chi connectivity index (χ0) is 8.97. The molecule has 0 bridgehead atoms. The van der Waals surface area contributed by atoms with Gasteiger partial charge < -0.3 is 10.6 Å². The number of carbonyl (C=O) groups is 2. The van der Waals surface area contributed by atoms with Crippen molar-refractivity contribution in [3.63, 3.8) is 0 Å². The highest BCUT2D eigenvalue weighted by Gasteiger charge is 2.20. The van der Waals surface area contributed by atoms with Crippen molar-refractivity contribution in [3.05, 3.63) is 12.7 Å². The van der Waals surface area contributed by atoms with Crippen molar-refractivity contribution in [1.29, 1.82) is 0 Å². The van der Waals surface area contributed by atoms with Crippen molar-refractivity contribution in [3.8, 4) is 0 Å². The van der Waals surface area contributed by atoms with E-state index in [1.54, 1.807) is 0 Å². The molecule has 1 aliphatic heterocycles. The summed E-state index contributed by atoms with van der Waals surface area (Å²) in [4.78, 5) is 21.4. The van der Waals surface area contributed by atoms with E-state index in [-0.39, 0.29) is 17.9 Å². The van der Waals surface area contributed by atoms with Crippen LogP contribution in [0.2, 0.25) is 0 Å². The van der Waals surface area contributed by atoms with Gasteiger partial charge in [-0.1, -0.05) is 6.58 Å². The number of hydrogen-bond acceptors (Lipinski definition) is 2. The molecule has 0 aromatic rings. The van der Waals surface area contributed by atoms with Gasteiger partial charge in [0.1, 0.15) is 0 Å². The smallest absolute Gasteiger partial charge is 0.243 e. The van der Waals surface area contributed by atoms with Gasteiger partial charge in [-0.25, -0.2) is 0 Å². The highest BCUT2D eigenvalue weighted by Crippen LogP contribution is 2.04. The molecule has 4 nitrogen and oxygen atoms in total. The summed E-state index contributed by atoms with van der Waals surface area (Å²) >= 11 is 0. The lowest BCUT2D eigenvalue weighted by molar-refractivity contribution is -0.120. The summed E-state index contributed by atoms with van der Waals surface area (Å²) < 4.78 is 0. The van der Waals surface area contributed by atoms with Crippen molar-refractivity contribution < 1.29 is 9.59 Å². The van der Waals surface area contributed by atoms with Gasteiger partial charge in [0.25, 0.3) is 0 Å². The molecule has 0 radical (unpaired) electrons. The number of nitrogens with one attached hydrogen (secondary N) is 2. The molecule has 2 amide bonds. The van der Waals surface area contributed by atoms with Crippen LogP contribution in [0.1, 0.15) is 12.8 Å². The molecule has 0 aliphatic carbocycles. The molecule has 4 heteroatoms. The van der Waals surface area contributed by atoms with Crippen LogP contribution in [0.15, 0.2) is 12.7 Å². The zero-order valence-corrected chi connectivity index (χ0v) is 6.80. The first-order valence-electron chi connectivity index (χ1n) is 3.92. The van der Waals surface area contributed by atoms with E-state index in [0.29, 0.717) is 13.0 Å². The molecule has 12 heavy (non-hydrogen) atoms. The Bertz CT molecular complexity index is 213. The van der Waals surface area contributed by atoms with Gasteiger partial charge in [-0.2, -0.15) is 0 Å². The van der Waals surface area contributed by atoms with Crippen LogP contribution in [0.4, 0.5) is 0 Å². The molecule has 1 unspecified atom stereocenters. The zero-order valence-electron chi connectivity index (χ0n) is 6.80. The van der Waals surface area contributed by atoms with Crippen LogP contribution in [0, 0.1) is 0 Å². The second-order valence-corrected chi connectivity index (χ2v) is 2.75. The average molecular weight is 168 g/mol. The van der Waals surface area contributed by atoms with Crippen molar-refractivity contribution >= 4 is 11.8 Å². The lowest BCUT2D eigenvalue weighted by Crippen LogP contribution is -2.37. The van der Waals surface area contributed by atoms with E-state index in [9.17, 15) is 9.59 Å². The largest absolute Gasteiger partial charge is 0.352 e. The molecule has 1 rings (SSSR count). The fourth-order valence-corrected chi connectivity index (χ4v) is 1.13. The van der Waals surface area contributed by atoms with Crippen LogP contribution < -0.4 is 10.6 Å². The third-order valence-corrected chi connectivity index (χ3v) is 1.79. The second-order valence-electron chi connectivity index (χ2n) is 2.75. The summed E-state index contributed by atoms with van der Waals surface area (Å²) in [5, 5.41) is 5.37. The predicted octanol–water partition coefficient (Wildman–Crippen LogP) is -0.433. The molecule has 1 atom stereocenters. The van der Waals surface area contributed by atoms with Crippen LogP contribution in [-0.4, -0.2) is 24.4 Å². The summed E-state index contributed by atoms with van der Waals surface area (Å²) in [5.74, 6) is -0.135. The molecule has 1 heterocycles. The Balaban J connectivity index is 2.20. The van der Waals surface area contributed by atoms with E-state index < -0.39 is 0 Å². The topological polar surface area (TPSA) is 58.2 Å². The van der Waals surface area contributed by atoms with Gasteiger partial charge in [0.2, 0.25) is 11.8 Å². The maximum absolute atomic E-state index is 10.7. The van der Waals surface area contributed by atoms with E-state index in [1.807, 2.05) is 0 Å². The first-order chi connectivity index (χ1) is 5.72. The minimum Gasteiger partial charge on any atom is -0.352 e. The van der Waals surface area contributed by atoms with Crippen LogP contribution in [-0.2, 0) is 9.59 Å². The highest BCUT2D eigenvalue weighted by molar-refractivity contribution is 5.87. The Morgan fingerprint density at radius 2 is 2.58 bits per heavy atom. The number of hydrogen-bond donors (Lipinski definition) is 2. The van der Waals surface area contributed by atoms with Gasteiger partial charge in [-0.15, -0.1) is 0 Å². The maximum Gasteiger partial charge on any atom is 0.243 e. The summed E-state index contributed by atoms with van der Waals surface area (Å²) in [6.07, 6.45) is 2.58. The van der Waals surface area contributed by atoms with Gasteiger partial charge in [-0.3, -0.25) is 9.59 Å². The third-order valence-electron chi connectivity index (χ3n) is 1.79. The quantitative estimate of drug-likeness (QED) is 0.562. The molecule has 1 fully saturated rings. The molecule has 0 aromatic heterocycles. The normalized spacial score (nSPS) is 21.7. The number of amides is 2. The van der Waals surface area contributed by atoms with E-state index in [4.69, 9.17) is 0 Å². The Morgan fingerprint density at radius 3 is 3.08 bits per heavy atom. The SMILES string of the molecule is C=CC(=O)NCC1CCC(=O)N1. The van der Waals surface area contributed by atoms with E-state index in [1.165, 1.54) is 6.08 Å². The molecule has 2 N–H and O–H groups in total. The molecule has 0 spiro atoms. The minimum atomic E-state index is -0.198. The Morgan fingerprint density at radius 1 is 1.83 bits per heavy atom. The Kier molecular flexibility index (Phi) is 2.85. The van der Waals surface area contributed by atoms with Crippen LogP contribution in [0.3, 0.4) is 0 Å². The number of carbonyl (C=O) groups excluding carboxylic acids is 2. The lowest BCUT2D eigenvalue weighted by Gasteiger charge is -2.09. The Labute approximate surface area is 71.0 Å². The predicted molar refractivity (Wildman–Crippen MR) is 44.4 cm³/mol. The van der Waals surface area contributed by atoms with Crippen LogP contribution in [0.5, 0.6) is 0 Å². The van der Waals surface area contributed by atoms with Crippen LogP contribution >= 0.6 is 0 Å². The highest BCUT2D eigenvalue weighted by atomic mass is 16.2. The van der Waals surface area contributed by atoms with E-state index in [2.05, 4.69) is 17.2 Å². The van der Waals surface area contributed by atoms with E-state index in [0.717, 1.165) is 6.42 Å². The fourth-order valence-electron chi connectivity index (χ4n) is 1.13. The number of rotatable bonds is 3. The summed E-state index contributed by atoms with van der Waals surface area (Å²) in [7, 11) is 0. The molecule has 0 saturated carbocycles. The molecular weight excluding hydrogens is 156 g/mol. The molecule has 0 aromatic carbocycles. The minimum absolute atomic E-state index is 0.0628.